The van der Waals surface area contributed by atoms with E-state index < -0.39 is 0 Å². The molecule has 1 atom stereocenters. The first kappa shape index (κ1) is 16.4. The van der Waals surface area contributed by atoms with Crippen LogP contribution in [0.1, 0.15) is 17.2 Å². The Bertz CT molecular complexity index is 1480. The first-order valence-electron chi connectivity index (χ1n) is 9.35. The van der Waals surface area contributed by atoms with E-state index in [4.69, 9.17) is 16.6 Å². The highest BCUT2D eigenvalue weighted by molar-refractivity contribution is 6.30. The summed E-state index contributed by atoms with van der Waals surface area (Å²) in [6.45, 7) is 0. The van der Waals surface area contributed by atoms with E-state index in [0.29, 0.717) is 21.7 Å². The Kier molecular flexibility index (Phi) is 3.37. The number of aromatic amines is 1. The molecule has 6 heteroatoms. The van der Waals surface area contributed by atoms with Crippen LogP contribution in [-0.4, -0.2) is 14.6 Å². The Morgan fingerprint density at radius 2 is 1.72 bits per heavy atom. The van der Waals surface area contributed by atoms with Gasteiger partial charge >= 0.3 is 0 Å². The summed E-state index contributed by atoms with van der Waals surface area (Å²) >= 11 is 6.28. The molecule has 0 aliphatic carbocycles. The quantitative estimate of drug-likeness (QED) is 0.424. The highest BCUT2D eigenvalue weighted by Gasteiger charge is 2.31. The van der Waals surface area contributed by atoms with Gasteiger partial charge in [-0.3, -0.25) is 4.79 Å². The van der Waals surface area contributed by atoms with Crippen molar-refractivity contribution in [2.75, 3.05) is 5.43 Å². The van der Waals surface area contributed by atoms with Gasteiger partial charge in [0.1, 0.15) is 0 Å². The van der Waals surface area contributed by atoms with E-state index in [-0.39, 0.29) is 11.6 Å². The number of hydrogen-bond donors (Lipinski definition) is 2. The summed E-state index contributed by atoms with van der Waals surface area (Å²) < 4.78 is 1.55. The zero-order valence-corrected chi connectivity index (χ0v) is 15.9. The van der Waals surface area contributed by atoms with Crippen molar-refractivity contribution in [3.05, 3.63) is 99.3 Å². The maximum absolute atomic E-state index is 13.3. The molecule has 2 aromatic heterocycles. The van der Waals surface area contributed by atoms with Gasteiger partial charge in [0.15, 0.2) is 5.82 Å². The number of H-pyrrole nitrogens is 1. The van der Waals surface area contributed by atoms with Crippen LogP contribution in [0.2, 0.25) is 5.02 Å². The van der Waals surface area contributed by atoms with E-state index in [1.807, 2.05) is 60.7 Å². The molecule has 140 valence electrons. The minimum atomic E-state index is -0.243. The van der Waals surface area contributed by atoms with Crippen molar-refractivity contribution in [1.29, 1.82) is 0 Å². The predicted octanol–water partition coefficient (Wildman–Crippen LogP) is 4.84. The molecule has 0 amide bonds. The molecule has 0 saturated carbocycles. The van der Waals surface area contributed by atoms with Crippen LogP contribution in [0, 0.1) is 0 Å². The third-order valence-electron chi connectivity index (χ3n) is 5.47. The first-order valence-corrected chi connectivity index (χ1v) is 9.73. The summed E-state index contributed by atoms with van der Waals surface area (Å²) in [5, 5.41) is 2.32. The van der Waals surface area contributed by atoms with Gasteiger partial charge in [-0.05, 0) is 35.9 Å². The van der Waals surface area contributed by atoms with Crippen molar-refractivity contribution in [2.45, 2.75) is 6.04 Å². The summed E-state index contributed by atoms with van der Waals surface area (Å²) in [5.74, 6) is 0.582. The molecule has 6 rings (SSSR count). The van der Waals surface area contributed by atoms with Crippen LogP contribution in [0.25, 0.3) is 33.3 Å². The number of para-hydroxylation sites is 2. The van der Waals surface area contributed by atoms with Crippen LogP contribution >= 0.6 is 11.6 Å². The Balaban J connectivity index is 1.73. The van der Waals surface area contributed by atoms with Gasteiger partial charge in [-0.2, -0.15) is 0 Å². The fourth-order valence-corrected chi connectivity index (χ4v) is 4.38. The normalized spacial score (nSPS) is 15.1. The predicted molar refractivity (Wildman–Crippen MR) is 116 cm³/mol. The second kappa shape index (κ2) is 5.96. The molecule has 3 aromatic carbocycles. The average Bonchev–Trinajstić information content (AvgIpc) is 3.14. The molecule has 5 aromatic rings. The number of halogens is 1. The van der Waals surface area contributed by atoms with E-state index in [9.17, 15) is 4.79 Å². The summed E-state index contributed by atoms with van der Waals surface area (Å²) in [7, 11) is 0. The van der Waals surface area contributed by atoms with Gasteiger partial charge in [-0.25, -0.2) is 9.66 Å². The number of fused-ring (bicyclic) bond motifs is 6. The highest BCUT2D eigenvalue weighted by Crippen LogP contribution is 2.40. The van der Waals surface area contributed by atoms with Crippen LogP contribution in [0.3, 0.4) is 0 Å². The van der Waals surface area contributed by atoms with Gasteiger partial charge in [-0.15, -0.1) is 0 Å². The van der Waals surface area contributed by atoms with Crippen LogP contribution < -0.4 is 11.0 Å². The standard InChI is InChI=1S/C23H15ClN4O/c24-14-7-5-6-13(12-14)20-19-15-8-1-3-10-17(15)25-21(19)22-26-18-11-4-2-9-16(18)23(29)28(22)27-20/h1-12,20,25,27H. The number of aromatic nitrogens is 3. The minimum Gasteiger partial charge on any atom is -0.352 e. The van der Waals surface area contributed by atoms with Crippen molar-refractivity contribution >= 4 is 33.4 Å². The second-order valence-electron chi connectivity index (χ2n) is 7.17. The van der Waals surface area contributed by atoms with Gasteiger partial charge in [0, 0.05) is 21.5 Å². The van der Waals surface area contributed by atoms with E-state index in [2.05, 4.69) is 16.5 Å². The van der Waals surface area contributed by atoms with Gasteiger partial charge in [0.2, 0.25) is 0 Å². The first-order chi connectivity index (χ1) is 14.2. The Labute approximate surface area is 170 Å². The number of hydrogen-bond acceptors (Lipinski definition) is 3. The Morgan fingerprint density at radius 3 is 2.59 bits per heavy atom. The van der Waals surface area contributed by atoms with Crippen molar-refractivity contribution in [3.63, 3.8) is 0 Å². The SMILES string of the molecule is O=c1c2ccccc2nc2n1NC(c1cccc(Cl)c1)c1c-2[nH]c2ccccc12. The zero-order chi connectivity index (χ0) is 19.5. The Hall–Kier alpha value is -3.57. The Morgan fingerprint density at radius 1 is 0.931 bits per heavy atom. The third-order valence-corrected chi connectivity index (χ3v) is 5.71. The molecular formula is C23H15ClN4O. The molecule has 3 heterocycles. The smallest absolute Gasteiger partial charge is 0.280 e. The van der Waals surface area contributed by atoms with Crippen molar-refractivity contribution in [3.8, 4) is 11.5 Å². The number of nitrogens with one attached hydrogen (secondary N) is 2. The summed E-state index contributed by atoms with van der Waals surface area (Å²) in [6.07, 6.45) is 0. The monoisotopic (exact) mass is 398 g/mol. The molecule has 0 bridgehead atoms. The fourth-order valence-electron chi connectivity index (χ4n) is 4.18. The topological polar surface area (TPSA) is 62.7 Å². The summed E-state index contributed by atoms with van der Waals surface area (Å²) in [4.78, 5) is 21.5. The number of nitrogens with zero attached hydrogens (tertiary/aromatic N) is 2. The van der Waals surface area contributed by atoms with Gasteiger partial charge < -0.3 is 10.4 Å². The van der Waals surface area contributed by atoms with Crippen LogP contribution in [0.15, 0.2) is 77.6 Å². The summed E-state index contributed by atoms with van der Waals surface area (Å²) in [6, 6.07) is 23.0. The molecule has 2 N–H and O–H groups in total. The maximum Gasteiger partial charge on any atom is 0.280 e. The highest BCUT2D eigenvalue weighted by atomic mass is 35.5. The van der Waals surface area contributed by atoms with E-state index >= 15 is 0 Å². The molecule has 0 radical (unpaired) electrons. The fraction of sp³-hybridized carbons (Fsp3) is 0.0435. The number of benzene rings is 3. The molecule has 0 fully saturated rings. The number of rotatable bonds is 1. The van der Waals surface area contributed by atoms with Crippen LogP contribution in [0.5, 0.6) is 0 Å². The molecule has 0 spiro atoms. The van der Waals surface area contributed by atoms with Crippen LogP contribution in [-0.2, 0) is 0 Å². The molecular weight excluding hydrogens is 384 g/mol. The molecule has 0 saturated heterocycles. The molecule has 1 aliphatic rings. The zero-order valence-electron chi connectivity index (χ0n) is 15.2. The molecule has 1 aliphatic heterocycles. The minimum absolute atomic E-state index is 0.123. The molecule has 29 heavy (non-hydrogen) atoms. The van der Waals surface area contributed by atoms with E-state index in [1.165, 1.54) is 0 Å². The molecule has 1 unspecified atom stereocenters. The lowest BCUT2D eigenvalue weighted by molar-refractivity contribution is 0.711. The summed E-state index contributed by atoms with van der Waals surface area (Å²) in [5.41, 5.74) is 7.84. The van der Waals surface area contributed by atoms with E-state index in [0.717, 1.165) is 27.7 Å². The van der Waals surface area contributed by atoms with Crippen molar-refractivity contribution in [1.82, 2.24) is 14.6 Å². The van der Waals surface area contributed by atoms with Gasteiger partial charge in [0.25, 0.3) is 5.56 Å². The van der Waals surface area contributed by atoms with Gasteiger partial charge in [0.05, 0.1) is 22.6 Å². The lowest BCUT2D eigenvalue weighted by Crippen LogP contribution is -2.37. The average molecular weight is 399 g/mol. The van der Waals surface area contributed by atoms with Crippen LogP contribution in [0.4, 0.5) is 0 Å². The van der Waals surface area contributed by atoms with Crippen molar-refractivity contribution < 1.29 is 0 Å². The lowest BCUT2D eigenvalue weighted by Gasteiger charge is -2.29. The third kappa shape index (κ3) is 2.34. The van der Waals surface area contributed by atoms with Gasteiger partial charge in [-0.1, -0.05) is 54.1 Å². The maximum atomic E-state index is 13.3. The van der Waals surface area contributed by atoms with E-state index in [1.54, 1.807) is 10.7 Å². The molecule has 5 nitrogen and oxygen atoms in total. The lowest BCUT2D eigenvalue weighted by atomic mass is 9.95. The largest absolute Gasteiger partial charge is 0.352 e. The second-order valence-corrected chi connectivity index (χ2v) is 7.61. The van der Waals surface area contributed by atoms with Crippen molar-refractivity contribution in [2.24, 2.45) is 0 Å².